The van der Waals surface area contributed by atoms with Gasteiger partial charge in [0.15, 0.2) is 0 Å². The lowest BCUT2D eigenvalue weighted by atomic mass is 10.1. The van der Waals surface area contributed by atoms with Gasteiger partial charge < -0.3 is 10.1 Å². The molecule has 7 nitrogen and oxygen atoms in total. The largest absolute Gasteiger partial charge is 0.492 e. The van der Waals surface area contributed by atoms with Crippen molar-refractivity contribution in [1.29, 1.82) is 0 Å². The predicted molar refractivity (Wildman–Crippen MR) is 135 cm³/mol. The van der Waals surface area contributed by atoms with Gasteiger partial charge in [0.2, 0.25) is 5.91 Å². The summed E-state index contributed by atoms with van der Waals surface area (Å²) in [6.45, 7) is 6.21. The molecule has 3 aromatic rings. The Balaban J connectivity index is 1.46. The molecule has 178 valence electrons. The van der Waals surface area contributed by atoms with Gasteiger partial charge in [-0.1, -0.05) is 32.0 Å². The van der Waals surface area contributed by atoms with E-state index in [0.717, 1.165) is 29.0 Å². The molecule has 1 heterocycles. The monoisotopic (exact) mass is 478 g/mol. The number of hydrazine groups is 1. The predicted octanol–water partition coefficient (Wildman–Crippen LogP) is 5.19. The summed E-state index contributed by atoms with van der Waals surface area (Å²) in [4.78, 5) is 29.6. The summed E-state index contributed by atoms with van der Waals surface area (Å²) in [5, 5.41) is 5.75. The van der Waals surface area contributed by atoms with E-state index in [1.54, 1.807) is 35.7 Å². The van der Waals surface area contributed by atoms with E-state index in [0.29, 0.717) is 29.5 Å². The molecule has 1 aromatic heterocycles. The molecule has 0 radical (unpaired) electrons. The first-order valence-corrected chi connectivity index (χ1v) is 12.4. The van der Waals surface area contributed by atoms with Crippen LogP contribution in [0.25, 0.3) is 10.6 Å². The van der Waals surface area contributed by atoms with Gasteiger partial charge in [-0.15, -0.1) is 11.3 Å². The molecule has 34 heavy (non-hydrogen) atoms. The maximum atomic E-state index is 13.1. The Labute approximate surface area is 203 Å². The van der Waals surface area contributed by atoms with E-state index >= 15 is 0 Å². The van der Waals surface area contributed by atoms with Crippen LogP contribution in [-0.2, 0) is 4.79 Å². The molecule has 0 aliphatic heterocycles. The van der Waals surface area contributed by atoms with Crippen molar-refractivity contribution in [2.75, 3.05) is 11.9 Å². The highest BCUT2D eigenvalue weighted by atomic mass is 32.1. The van der Waals surface area contributed by atoms with E-state index in [1.165, 1.54) is 0 Å². The first-order valence-electron chi connectivity index (χ1n) is 11.5. The topological polar surface area (TPSA) is 92.3 Å². The zero-order chi connectivity index (χ0) is 24.1. The molecule has 1 atom stereocenters. The van der Waals surface area contributed by atoms with Gasteiger partial charge in [0.1, 0.15) is 10.8 Å². The van der Waals surface area contributed by atoms with Crippen LogP contribution in [0.2, 0.25) is 0 Å². The second kappa shape index (κ2) is 10.8. The molecule has 1 unspecified atom stereocenters. The van der Waals surface area contributed by atoms with Crippen molar-refractivity contribution in [3.8, 4) is 16.3 Å². The number of nitrogens with zero attached hydrogens (tertiary/aromatic N) is 1. The Hall–Kier alpha value is -3.23. The van der Waals surface area contributed by atoms with Crippen molar-refractivity contribution in [3.05, 3.63) is 65.2 Å². The van der Waals surface area contributed by atoms with Gasteiger partial charge >= 0.3 is 0 Å². The van der Waals surface area contributed by atoms with Crippen LogP contribution < -0.4 is 20.9 Å². The number of thiazole rings is 1. The minimum Gasteiger partial charge on any atom is -0.492 e. The Morgan fingerprint density at radius 1 is 1.15 bits per heavy atom. The van der Waals surface area contributed by atoms with Crippen LogP contribution in [0, 0.1) is 11.8 Å². The minimum atomic E-state index is -0.325. The number of benzene rings is 2. The summed E-state index contributed by atoms with van der Waals surface area (Å²) in [6, 6.07) is 13.1. The number of anilines is 1. The number of ether oxygens (including phenoxy) is 1. The van der Waals surface area contributed by atoms with Gasteiger partial charge in [-0.05, 0) is 55.5 Å². The highest BCUT2D eigenvalue weighted by Gasteiger charge is 2.23. The smallest absolute Gasteiger partial charge is 0.269 e. The lowest BCUT2D eigenvalue weighted by molar-refractivity contribution is -0.118. The Morgan fingerprint density at radius 3 is 2.68 bits per heavy atom. The van der Waals surface area contributed by atoms with Crippen molar-refractivity contribution >= 4 is 28.8 Å². The van der Waals surface area contributed by atoms with Crippen LogP contribution >= 0.6 is 11.3 Å². The number of nitrogens with one attached hydrogen (secondary N) is 3. The van der Waals surface area contributed by atoms with Gasteiger partial charge in [0, 0.05) is 34.8 Å². The standard InChI is InChI=1S/C26H30N4O3S/c1-16(2)24(31)28-21-9-10-23(33-15-18-7-8-18)22(14-21)25(32)30-29-17(3)19-5-4-6-20(13-19)26-27-11-12-34-26/h4-6,9-14,16-18,29H,7-8,15H2,1-3H3,(H,28,31)(H,30,32). The normalized spacial score (nSPS) is 14.0. The number of carbonyl (C=O) groups is 2. The zero-order valence-corrected chi connectivity index (χ0v) is 20.4. The number of hydrogen-bond acceptors (Lipinski definition) is 6. The van der Waals surface area contributed by atoms with Crippen molar-refractivity contribution in [3.63, 3.8) is 0 Å². The average Bonchev–Trinajstić information content (AvgIpc) is 3.51. The summed E-state index contributed by atoms with van der Waals surface area (Å²) in [7, 11) is 0. The van der Waals surface area contributed by atoms with Crippen LogP contribution in [0.15, 0.2) is 54.0 Å². The first kappa shape index (κ1) is 23.9. The molecule has 0 spiro atoms. The van der Waals surface area contributed by atoms with Crippen molar-refractivity contribution in [2.45, 2.75) is 39.7 Å². The highest BCUT2D eigenvalue weighted by Crippen LogP contribution is 2.31. The van der Waals surface area contributed by atoms with E-state index in [1.807, 2.05) is 44.4 Å². The van der Waals surface area contributed by atoms with Crippen molar-refractivity contribution in [1.82, 2.24) is 15.8 Å². The van der Waals surface area contributed by atoms with E-state index < -0.39 is 0 Å². The van der Waals surface area contributed by atoms with E-state index in [2.05, 4.69) is 27.2 Å². The van der Waals surface area contributed by atoms with Gasteiger partial charge in [-0.3, -0.25) is 15.0 Å². The summed E-state index contributed by atoms with van der Waals surface area (Å²) in [5.74, 6) is 0.469. The number of aromatic nitrogens is 1. The SMILES string of the molecule is CC(C)C(=O)Nc1ccc(OCC2CC2)c(C(=O)NNC(C)c2cccc(-c3nccs3)c2)c1. The molecular formula is C26H30N4O3S. The fraction of sp³-hybridized carbons (Fsp3) is 0.346. The molecule has 1 saturated carbocycles. The Morgan fingerprint density at radius 2 is 1.97 bits per heavy atom. The molecule has 3 N–H and O–H groups in total. The summed E-state index contributed by atoms with van der Waals surface area (Å²) >= 11 is 1.59. The zero-order valence-electron chi connectivity index (χ0n) is 19.6. The molecule has 8 heteroatoms. The van der Waals surface area contributed by atoms with Crippen LogP contribution in [0.5, 0.6) is 5.75 Å². The van der Waals surface area contributed by atoms with Crippen molar-refractivity contribution in [2.24, 2.45) is 11.8 Å². The number of carbonyl (C=O) groups excluding carboxylic acids is 2. The molecule has 0 bridgehead atoms. The maximum absolute atomic E-state index is 13.1. The third-order valence-corrected chi connectivity index (χ3v) is 6.48. The van der Waals surface area contributed by atoms with Crippen molar-refractivity contribution < 1.29 is 14.3 Å². The second-order valence-corrected chi connectivity index (χ2v) is 9.79. The number of hydrogen-bond donors (Lipinski definition) is 3. The average molecular weight is 479 g/mol. The highest BCUT2D eigenvalue weighted by molar-refractivity contribution is 7.13. The number of rotatable bonds is 10. The maximum Gasteiger partial charge on any atom is 0.269 e. The van der Waals surface area contributed by atoms with E-state index in [9.17, 15) is 9.59 Å². The molecule has 1 aliphatic carbocycles. The third kappa shape index (κ3) is 6.21. The first-order chi connectivity index (χ1) is 16.4. The summed E-state index contributed by atoms with van der Waals surface area (Å²) < 4.78 is 5.93. The lowest BCUT2D eigenvalue weighted by Crippen LogP contribution is -2.39. The van der Waals surface area contributed by atoms with Gasteiger partial charge in [0.05, 0.1) is 12.2 Å². The molecule has 1 fully saturated rings. The third-order valence-electron chi connectivity index (χ3n) is 5.66. The second-order valence-electron chi connectivity index (χ2n) is 8.89. The quantitative estimate of drug-likeness (QED) is 0.349. The number of amides is 2. The Bertz CT molecular complexity index is 1140. The van der Waals surface area contributed by atoms with Gasteiger partial charge in [-0.25, -0.2) is 10.4 Å². The van der Waals surface area contributed by atoms with Crippen LogP contribution in [0.3, 0.4) is 0 Å². The van der Waals surface area contributed by atoms with Gasteiger partial charge in [0.25, 0.3) is 5.91 Å². The van der Waals surface area contributed by atoms with E-state index in [4.69, 9.17) is 4.74 Å². The summed E-state index contributed by atoms with van der Waals surface area (Å²) in [6.07, 6.45) is 4.10. The molecule has 2 aromatic carbocycles. The van der Waals surface area contributed by atoms with Crippen LogP contribution in [0.4, 0.5) is 5.69 Å². The van der Waals surface area contributed by atoms with E-state index in [-0.39, 0.29) is 23.8 Å². The van der Waals surface area contributed by atoms with Crippen LogP contribution in [-0.4, -0.2) is 23.4 Å². The van der Waals surface area contributed by atoms with Gasteiger partial charge in [-0.2, -0.15) is 0 Å². The Kier molecular flexibility index (Phi) is 7.59. The lowest BCUT2D eigenvalue weighted by Gasteiger charge is -2.18. The summed E-state index contributed by atoms with van der Waals surface area (Å²) in [5.41, 5.74) is 8.90. The fourth-order valence-electron chi connectivity index (χ4n) is 3.32. The molecule has 0 saturated heterocycles. The molecule has 2 amide bonds. The molecule has 4 rings (SSSR count). The van der Waals surface area contributed by atoms with Crippen LogP contribution in [0.1, 0.15) is 55.6 Å². The molecule has 1 aliphatic rings. The fourth-order valence-corrected chi connectivity index (χ4v) is 3.96. The minimum absolute atomic E-state index is 0.107. The molecular weight excluding hydrogens is 448 g/mol.